The molecule has 0 fully saturated rings. The Morgan fingerprint density at radius 3 is 2.67 bits per heavy atom. The van der Waals surface area contributed by atoms with Crippen molar-refractivity contribution >= 4 is 0 Å². The molecule has 0 bridgehead atoms. The molecule has 0 spiro atoms. The predicted octanol–water partition coefficient (Wildman–Crippen LogP) is 3.69. The molecule has 1 heteroatoms. The van der Waals surface area contributed by atoms with E-state index in [-0.39, 0.29) is 0 Å². The van der Waals surface area contributed by atoms with Gasteiger partial charge >= 0.3 is 0 Å². The average molecular weight is 196 g/mol. The van der Waals surface area contributed by atoms with E-state index < -0.39 is 0 Å². The zero-order valence-corrected chi connectivity index (χ0v) is 8.66. The third-order valence-electron chi connectivity index (χ3n) is 2.79. The first-order valence-corrected chi connectivity index (χ1v) is 5.18. The second-order valence-electron chi connectivity index (χ2n) is 4.00. The fraction of sp³-hybridized carbons (Fsp3) is 0.143. The smallest absolute Gasteiger partial charge is 0.130 e. The van der Waals surface area contributed by atoms with Gasteiger partial charge in [-0.3, -0.25) is 0 Å². The molecule has 0 saturated carbocycles. The van der Waals surface area contributed by atoms with Crippen LogP contribution in [0.4, 0.5) is 0 Å². The van der Waals surface area contributed by atoms with Crippen LogP contribution < -0.4 is 4.74 Å². The van der Waals surface area contributed by atoms with Gasteiger partial charge in [-0.1, -0.05) is 35.9 Å². The maximum atomic E-state index is 5.83. The molecule has 0 amide bonds. The molecule has 1 nitrogen and oxygen atoms in total. The van der Waals surface area contributed by atoms with Crippen molar-refractivity contribution in [3.05, 3.63) is 59.2 Å². The molecule has 74 valence electrons. The van der Waals surface area contributed by atoms with E-state index in [0.717, 1.165) is 17.9 Å². The standard InChI is InChI=1S/C14H12O/c1-10-6-7-14-12(8-10)9-11-4-2-3-5-13(11)15-14/h2-8H,9H2,1H3. The maximum absolute atomic E-state index is 5.83. The number of rotatable bonds is 0. The molecule has 3 rings (SSSR count). The van der Waals surface area contributed by atoms with Crippen LogP contribution in [-0.2, 0) is 6.42 Å². The summed E-state index contributed by atoms with van der Waals surface area (Å²) < 4.78 is 5.83. The van der Waals surface area contributed by atoms with Gasteiger partial charge in [-0.05, 0) is 30.2 Å². The van der Waals surface area contributed by atoms with Crippen LogP contribution in [0.2, 0.25) is 0 Å². The summed E-state index contributed by atoms with van der Waals surface area (Å²) in [7, 11) is 0. The van der Waals surface area contributed by atoms with Crippen LogP contribution in [0.5, 0.6) is 11.5 Å². The zero-order valence-electron chi connectivity index (χ0n) is 8.66. The molecule has 0 atom stereocenters. The number of ether oxygens (including phenoxy) is 1. The van der Waals surface area contributed by atoms with Gasteiger partial charge in [-0.2, -0.15) is 0 Å². The highest BCUT2D eigenvalue weighted by Gasteiger charge is 2.15. The molecule has 0 saturated heterocycles. The van der Waals surface area contributed by atoms with Crippen molar-refractivity contribution in [1.29, 1.82) is 0 Å². The summed E-state index contributed by atoms with van der Waals surface area (Å²) in [5.41, 5.74) is 3.85. The van der Waals surface area contributed by atoms with E-state index in [4.69, 9.17) is 4.74 Å². The normalized spacial score (nSPS) is 12.6. The highest BCUT2D eigenvalue weighted by atomic mass is 16.5. The second kappa shape index (κ2) is 3.13. The van der Waals surface area contributed by atoms with Crippen molar-refractivity contribution in [3.8, 4) is 11.5 Å². The summed E-state index contributed by atoms with van der Waals surface area (Å²) in [6.07, 6.45) is 0.979. The molecule has 0 unspecified atom stereocenters. The van der Waals surface area contributed by atoms with Gasteiger partial charge in [0.2, 0.25) is 0 Å². The Balaban J connectivity index is 2.11. The summed E-state index contributed by atoms with van der Waals surface area (Å²) in [5, 5.41) is 0. The molecule has 0 N–H and O–H groups in total. The van der Waals surface area contributed by atoms with Gasteiger partial charge in [0, 0.05) is 6.42 Å². The van der Waals surface area contributed by atoms with E-state index >= 15 is 0 Å². The second-order valence-corrected chi connectivity index (χ2v) is 4.00. The van der Waals surface area contributed by atoms with Crippen LogP contribution in [-0.4, -0.2) is 0 Å². The number of benzene rings is 2. The number of aryl methyl sites for hydroxylation is 1. The zero-order chi connectivity index (χ0) is 10.3. The van der Waals surface area contributed by atoms with E-state index in [1.54, 1.807) is 0 Å². The summed E-state index contributed by atoms with van der Waals surface area (Å²) in [6.45, 7) is 2.11. The Morgan fingerprint density at radius 1 is 0.933 bits per heavy atom. The van der Waals surface area contributed by atoms with Crippen molar-refractivity contribution in [2.45, 2.75) is 13.3 Å². The lowest BCUT2D eigenvalue weighted by Gasteiger charge is -2.20. The lowest BCUT2D eigenvalue weighted by molar-refractivity contribution is 0.460. The van der Waals surface area contributed by atoms with Gasteiger partial charge in [-0.15, -0.1) is 0 Å². The molecular weight excluding hydrogens is 184 g/mol. The maximum Gasteiger partial charge on any atom is 0.130 e. The third-order valence-corrected chi connectivity index (χ3v) is 2.79. The van der Waals surface area contributed by atoms with E-state index in [0.29, 0.717) is 0 Å². The SMILES string of the molecule is Cc1ccc2c(c1)Cc1ccccc1O2. The van der Waals surface area contributed by atoms with Crippen molar-refractivity contribution in [2.75, 3.05) is 0 Å². The van der Waals surface area contributed by atoms with E-state index in [2.05, 4.69) is 37.3 Å². The Labute approximate surface area is 89.3 Å². The molecule has 1 aliphatic heterocycles. The van der Waals surface area contributed by atoms with Crippen LogP contribution in [0, 0.1) is 6.92 Å². The minimum atomic E-state index is 0.979. The molecule has 2 aromatic carbocycles. The molecular formula is C14H12O. The molecule has 0 aromatic heterocycles. The summed E-state index contributed by atoms with van der Waals surface area (Å²) in [4.78, 5) is 0. The first-order chi connectivity index (χ1) is 7.33. The van der Waals surface area contributed by atoms with Crippen LogP contribution in [0.3, 0.4) is 0 Å². The van der Waals surface area contributed by atoms with Gasteiger partial charge in [0.25, 0.3) is 0 Å². The minimum absolute atomic E-state index is 0.979. The largest absolute Gasteiger partial charge is 0.457 e. The predicted molar refractivity (Wildman–Crippen MR) is 60.5 cm³/mol. The highest BCUT2D eigenvalue weighted by Crippen LogP contribution is 2.36. The van der Waals surface area contributed by atoms with E-state index in [9.17, 15) is 0 Å². The van der Waals surface area contributed by atoms with Crippen molar-refractivity contribution in [2.24, 2.45) is 0 Å². The van der Waals surface area contributed by atoms with Crippen molar-refractivity contribution in [3.63, 3.8) is 0 Å². The van der Waals surface area contributed by atoms with Gasteiger partial charge in [-0.25, -0.2) is 0 Å². The van der Waals surface area contributed by atoms with Crippen LogP contribution >= 0.6 is 0 Å². The topological polar surface area (TPSA) is 9.23 Å². The number of hydrogen-bond donors (Lipinski definition) is 0. The van der Waals surface area contributed by atoms with Crippen molar-refractivity contribution in [1.82, 2.24) is 0 Å². The highest BCUT2D eigenvalue weighted by molar-refractivity contribution is 5.50. The van der Waals surface area contributed by atoms with Crippen LogP contribution in [0.15, 0.2) is 42.5 Å². The number of para-hydroxylation sites is 1. The summed E-state index contributed by atoms with van der Waals surface area (Å²) in [5.74, 6) is 1.99. The molecule has 1 aliphatic rings. The van der Waals surface area contributed by atoms with Crippen LogP contribution in [0.25, 0.3) is 0 Å². The fourth-order valence-corrected chi connectivity index (χ4v) is 2.02. The number of hydrogen-bond acceptors (Lipinski definition) is 1. The minimum Gasteiger partial charge on any atom is -0.457 e. The molecule has 0 aliphatic carbocycles. The van der Waals surface area contributed by atoms with Crippen molar-refractivity contribution < 1.29 is 4.74 Å². The molecule has 1 heterocycles. The summed E-state index contributed by atoms with van der Waals surface area (Å²) >= 11 is 0. The first-order valence-electron chi connectivity index (χ1n) is 5.18. The van der Waals surface area contributed by atoms with E-state index in [1.807, 2.05) is 12.1 Å². The van der Waals surface area contributed by atoms with Gasteiger partial charge in [0.1, 0.15) is 11.5 Å². The lowest BCUT2D eigenvalue weighted by atomic mass is 9.99. The lowest BCUT2D eigenvalue weighted by Crippen LogP contribution is -2.02. The Hall–Kier alpha value is -1.76. The Bertz CT molecular complexity index is 514. The fourth-order valence-electron chi connectivity index (χ4n) is 2.02. The Kier molecular flexibility index (Phi) is 1.78. The van der Waals surface area contributed by atoms with Gasteiger partial charge < -0.3 is 4.74 Å². The Morgan fingerprint density at radius 2 is 1.73 bits per heavy atom. The first kappa shape index (κ1) is 8.54. The molecule has 0 radical (unpaired) electrons. The molecule has 2 aromatic rings. The third kappa shape index (κ3) is 1.40. The molecule has 15 heavy (non-hydrogen) atoms. The van der Waals surface area contributed by atoms with Gasteiger partial charge in [0.05, 0.1) is 0 Å². The van der Waals surface area contributed by atoms with Crippen LogP contribution in [0.1, 0.15) is 16.7 Å². The average Bonchev–Trinajstić information content (AvgIpc) is 2.26. The number of fused-ring (bicyclic) bond motifs is 2. The monoisotopic (exact) mass is 196 g/mol. The quantitative estimate of drug-likeness (QED) is 0.532. The summed E-state index contributed by atoms with van der Waals surface area (Å²) in [6, 6.07) is 14.6. The van der Waals surface area contributed by atoms with Gasteiger partial charge in [0.15, 0.2) is 0 Å². The van der Waals surface area contributed by atoms with E-state index in [1.165, 1.54) is 16.7 Å².